The fourth-order valence-corrected chi connectivity index (χ4v) is 3.43. The second-order valence-corrected chi connectivity index (χ2v) is 6.39. The van der Waals surface area contributed by atoms with Gasteiger partial charge in [0.1, 0.15) is 11.2 Å². The highest BCUT2D eigenvalue weighted by Gasteiger charge is 2.12. The number of ether oxygens (including phenoxy) is 2. The van der Waals surface area contributed by atoms with E-state index in [1.807, 2.05) is 26.0 Å². The number of thiophene rings is 1. The molecule has 0 spiro atoms. The molecule has 1 aromatic carbocycles. The molecule has 0 bridgehead atoms. The van der Waals surface area contributed by atoms with Gasteiger partial charge in [0.15, 0.2) is 11.5 Å². The molecule has 2 aromatic heterocycles. The number of fused-ring (bicyclic) bond motifs is 1. The lowest BCUT2D eigenvalue weighted by molar-refractivity contribution is 0.354. The van der Waals surface area contributed by atoms with Crippen LogP contribution in [-0.2, 0) is 0 Å². The van der Waals surface area contributed by atoms with Crippen molar-refractivity contribution in [1.29, 1.82) is 0 Å². The highest BCUT2D eigenvalue weighted by Crippen LogP contribution is 2.29. The van der Waals surface area contributed by atoms with E-state index in [4.69, 9.17) is 9.47 Å². The van der Waals surface area contributed by atoms with Crippen LogP contribution in [0.5, 0.6) is 11.5 Å². The molecule has 0 aliphatic carbocycles. The van der Waals surface area contributed by atoms with Gasteiger partial charge in [0.2, 0.25) is 0 Å². The van der Waals surface area contributed by atoms with E-state index in [9.17, 15) is 4.79 Å². The average molecular weight is 343 g/mol. The van der Waals surface area contributed by atoms with E-state index in [-0.39, 0.29) is 5.56 Å². The van der Waals surface area contributed by atoms with Gasteiger partial charge in [-0.05, 0) is 31.5 Å². The first-order valence-electron chi connectivity index (χ1n) is 7.29. The number of methoxy groups -OCH3 is 2. The molecule has 3 rings (SSSR count). The minimum absolute atomic E-state index is 0.181. The summed E-state index contributed by atoms with van der Waals surface area (Å²) >= 11 is 1.51. The Morgan fingerprint density at radius 2 is 2.04 bits per heavy atom. The third kappa shape index (κ3) is 2.67. The first-order valence-corrected chi connectivity index (χ1v) is 8.11. The highest BCUT2D eigenvalue weighted by molar-refractivity contribution is 7.18. The molecule has 0 fully saturated rings. The first-order chi connectivity index (χ1) is 11.6. The summed E-state index contributed by atoms with van der Waals surface area (Å²) in [5.41, 5.74) is 1.48. The van der Waals surface area contributed by atoms with E-state index in [1.54, 1.807) is 26.5 Å². The molecular formula is C17H17N3O3S. The topological polar surface area (TPSA) is 65.7 Å². The minimum atomic E-state index is -0.181. The van der Waals surface area contributed by atoms with Crippen molar-refractivity contribution in [1.82, 2.24) is 9.66 Å². The lowest BCUT2D eigenvalue weighted by Gasteiger charge is -2.09. The average Bonchev–Trinajstić information content (AvgIpc) is 2.88. The monoisotopic (exact) mass is 343 g/mol. The number of benzene rings is 1. The van der Waals surface area contributed by atoms with E-state index in [0.717, 1.165) is 15.3 Å². The summed E-state index contributed by atoms with van der Waals surface area (Å²) < 4.78 is 11.9. The second-order valence-electron chi connectivity index (χ2n) is 5.19. The molecule has 0 atom stereocenters. The molecule has 0 saturated carbocycles. The van der Waals surface area contributed by atoms with Crippen LogP contribution >= 0.6 is 11.3 Å². The zero-order chi connectivity index (χ0) is 17.3. The molecule has 124 valence electrons. The van der Waals surface area contributed by atoms with Gasteiger partial charge in [-0.2, -0.15) is 9.78 Å². The maximum absolute atomic E-state index is 12.6. The minimum Gasteiger partial charge on any atom is -0.493 e. The summed E-state index contributed by atoms with van der Waals surface area (Å²) in [5, 5.41) is 4.87. The SMILES string of the molecule is COc1cccc(/C=N/n2cnc3sc(C)c(C)c3c2=O)c1OC. The Morgan fingerprint density at radius 3 is 2.75 bits per heavy atom. The number of hydrogen-bond acceptors (Lipinski definition) is 6. The van der Waals surface area contributed by atoms with Crippen LogP contribution in [0.1, 0.15) is 16.0 Å². The molecule has 0 amide bonds. The van der Waals surface area contributed by atoms with Crippen molar-refractivity contribution in [3.8, 4) is 11.5 Å². The summed E-state index contributed by atoms with van der Waals surface area (Å²) in [6.45, 7) is 3.91. The van der Waals surface area contributed by atoms with Crippen LogP contribution in [0.2, 0.25) is 0 Å². The summed E-state index contributed by atoms with van der Waals surface area (Å²) in [4.78, 5) is 18.8. The van der Waals surface area contributed by atoms with Crippen molar-refractivity contribution in [3.05, 3.63) is 50.9 Å². The molecular weight excluding hydrogens is 326 g/mol. The van der Waals surface area contributed by atoms with Crippen molar-refractivity contribution in [2.24, 2.45) is 5.10 Å². The van der Waals surface area contributed by atoms with E-state index in [2.05, 4.69) is 10.1 Å². The third-order valence-electron chi connectivity index (χ3n) is 3.83. The Hall–Kier alpha value is -2.67. The molecule has 2 heterocycles. The molecule has 0 N–H and O–H groups in total. The summed E-state index contributed by atoms with van der Waals surface area (Å²) in [7, 11) is 3.13. The zero-order valence-electron chi connectivity index (χ0n) is 13.9. The van der Waals surface area contributed by atoms with Crippen LogP contribution in [0.4, 0.5) is 0 Å². The Morgan fingerprint density at radius 1 is 1.25 bits per heavy atom. The molecule has 0 aliphatic heterocycles. The second kappa shape index (κ2) is 6.45. The Labute approximate surface area is 143 Å². The third-order valence-corrected chi connectivity index (χ3v) is 4.94. The molecule has 3 aromatic rings. The molecule has 6 nitrogen and oxygen atoms in total. The van der Waals surface area contributed by atoms with Gasteiger partial charge in [0, 0.05) is 10.4 Å². The van der Waals surface area contributed by atoms with Gasteiger partial charge in [-0.3, -0.25) is 4.79 Å². The largest absolute Gasteiger partial charge is 0.493 e. The van der Waals surface area contributed by atoms with Crippen molar-refractivity contribution in [2.75, 3.05) is 14.2 Å². The Kier molecular flexibility index (Phi) is 4.35. The van der Waals surface area contributed by atoms with Crippen molar-refractivity contribution in [2.45, 2.75) is 13.8 Å². The predicted molar refractivity (Wildman–Crippen MR) is 95.9 cm³/mol. The zero-order valence-corrected chi connectivity index (χ0v) is 14.7. The van der Waals surface area contributed by atoms with Crippen LogP contribution in [0, 0.1) is 13.8 Å². The quantitative estimate of drug-likeness (QED) is 0.683. The number of aromatic nitrogens is 2. The number of rotatable bonds is 4. The number of nitrogens with zero attached hydrogens (tertiary/aromatic N) is 3. The molecule has 7 heteroatoms. The lowest BCUT2D eigenvalue weighted by Crippen LogP contribution is -2.17. The molecule has 0 unspecified atom stereocenters. The number of hydrogen-bond donors (Lipinski definition) is 0. The summed E-state index contributed by atoms with van der Waals surface area (Å²) in [5.74, 6) is 1.17. The Bertz CT molecular complexity index is 989. The van der Waals surface area contributed by atoms with Crippen molar-refractivity contribution >= 4 is 27.8 Å². The van der Waals surface area contributed by atoms with Gasteiger partial charge in [-0.25, -0.2) is 4.98 Å². The smallest absolute Gasteiger partial charge is 0.282 e. The van der Waals surface area contributed by atoms with E-state index in [0.29, 0.717) is 22.4 Å². The molecule has 24 heavy (non-hydrogen) atoms. The highest BCUT2D eigenvalue weighted by atomic mass is 32.1. The first kappa shape index (κ1) is 16.2. The number of para-hydroxylation sites is 1. The van der Waals surface area contributed by atoms with Gasteiger partial charge in [0.25, 0.3) is 5.56 Å². The van der Waals surface area contributed by atoms with Crippen LogP contribution in [0.25, 0.3) is 10.2 Å². The van der Waals surface area contributed by atoms with Gasteiger partial charge < -0.3 is 9.47 Å². The normalized spacial score (nSPS) is 11.3. The van der Waals surface area contributed by atoms with Crippen molar-refractivity contribution < 1.29 is 9.47 Å². The van der Waals surface area contributed by atoms with Crippen LogP contribution in [0.3, 0.4) is 0 Å². The fourth-order valence-electron chi connectivity index (χ4n) is 2.45. The molecule has 0 aliphatic rings. The summed E-state index contributed by atoms with van der Waals surface area (Å²) in [6, 6.07) is 5.47. The maximum Gasteiger partial charge on any atom is 0.282 e. The van der Waals surface area contributed by atoms with E-state index in [1.165, 1.54) is 22.3 Å². The van der Waals surface area contributed by atoms with Crippen LogP contribution in [0.15, 0.2) is 34.4 Å². The van der Waals surface area contributed by atoms with Gasteiger partial charge in [0.05, 0.1) is 25.8 Å². The summed E-state index contributed by atoms with van der Waals surface area (Å²) in [6.07, 6.45) is 2.99. The standard InChI is InChI=1S/C17H17N3O3S/c1-10-11(2)24-16-14(10)17(21)20(9-18-16)19-8-12-6-5-7-13(22-3)15(12)23-4/h5-9H,1-4H3/b19-8+. The predicted octanol–water partition coefficient (Wildman–Crippen LogP) is 2.97. The van der Waals surface area contributed by atoms with E-state index < -0.39 is 0 Å². The van der Waals surface area contributed by atoms with Gasteiger partial charge >= 0.3 is 0 Å². The maximum atomic E-state index is 12.6. The van der Waals surface area contributed by atoms with Crippen LogP contribution in [-0.4, -0.2) is 30.1 Å². The lowest BCUT2D eigenvalue weighted by atomic mass is 10.2. The molecule has 0 saturated heterocycles. The van der Waals surface area contributed by atoms with E-state index >= 15 is 0 Å². The molecule has 0 radical (unpaired) electrons. The van der Waals surface area contributed by atoms with Gasteiger partial charge in [-0.1, -0.05) is 6.07 Å². The van der Waals surface area contributed by atoms with Crippen LogP contribution < -0.4 is 15.0 Å². The fraction of sp³-hybridized carbons (Fsp3) is 0.235. The van der Waals surface area contributed by atoms with Crippen molar-refractivity contribution in [3.63, 3.8) is 0 Å². The Balaban J connectivity index is 2.08. The number of aryl methyl sites for hydroxylation is 2. The van der Waals surface area contributed by atoms with Gasteiger partial charge in [-0.15, -0.1) is 11.3 Å².